The second-order valence-electron chi connectivity index (χ2n) is 8.12. The van der Waals surface area contributed by atoms with Crippen molar-refractivity contribution < 1.29 is 39.3 Å². The summed E-state index contributed by atoms with van der Waals surface area (Å²) in [7, 11) is -4.58. The molecule has 1 saturated heterocycles. The van der Waals surface area contributed by atoms with E-state index in [0.29, 0.717) is 17.6 Å². The highest BCUT2D eigenvalue weighted by atomic mass is 32.2. The van der Waals surface area contributed by atoms with Gasteiger partial charge >= 0.3 is 12.4 Å². The normalized spacial score (nSPS) is 20.2. The Morgan fingerprint density at radius 2 is 1.52 bits per heavy atom. The van der Waals surface area contributed by atoms with Crippen LogP contribution >= 0.6 is 0 Å². The maximum atomic E-state index is 13.1. The van der Waals surface area contributed by atoms with Gasteiger partial charge in [-0.1, -0.05) is 5.16 Å². The molecule has 1 aromatic carbocycles. The van der Waals surface area contributed by atoms with Gasteiger partial charge in [-0.3, -0.25) is 4.90 Å². The monoisotopic (exact) mass is 498 g/mol. The highest BCUT2D eigenvalue weighted by Gasteiger charge is 2.40. The molecular formula is C19H20F6N4O3S. The van der Waals surface area contributed by atoms with E-state index in [0.717, 1.165) is 17.1 Å². The zero-order valence-electron chi connectivity index (χ0n) is 17.3. The second kappa shape index (κ2) is 8.24. The molecule has 33 heavy (non-hydrogen) atoms. The first kappa shape index (κ1) is 24.0. The molecule has 0 radical (unpaired) electrons. The molecule has 1 unspecified atom stereocenters. The average Bonchev–Trinajstić information content (AvgIpc) is 3.48. The minimum atomic E-state index is -5.14. The number of nitrogens with zero attached hydrogens (tertiary/aromatic N) is 4. The molecular weight excluding hydrogens is 478 g/mol. The van der Waals surface area contributed by atoms with E-state index < -0.39 is 38.4 Å². The van der Waals surface area contributed by atoms with Gasteiger partial charge in [-0.25, -0.2) is 8.42 Å². The topological polar surface area (TPSA) is 79.5 Å². The fraction of sp³-hybridized carbons (Fsp3) is 0.579. The summed E-state index contributed by atoms with van der Waals surface area (Å²) in [5.74, 6) is 1.30. The lowest BCUT2D eigenvalue weighted by atomic mass is 10.1. The van der Waals surface area contributed by atoms with E-state index in [1.165, 1.54) is 0 Å². The highest BCUT2D eigenvalue weighted by Crippen LogP contribution is 2.39. The Morgan fingerprint density at radius 1 is 0.970 bits per heavy atom. The van der Waals surface area contributed by atoms with Crippen LogP contribution in [0.1, 0.15) is 54.6 Å². The molecule has 2 fully saturated rings. The van der Waals surface area contributed by atoms with Gasteiger partial charge in [0.15, 0.2) is 5.82 Å². The molecule has 0 amide bonds. The molecule has 2 heterocycles. The molecule has 1 aliphatic heterocycles. The van der Waals surface area contributed by atoms with Crippen molar-refractivity contribution in [3.63, 3.8) is 0 Å². The van der Waals surface area contributed by atoms with Crippen LogP contribution in [0.2, 0.25) is 0 Å². The summed E-state index contributed by atoms with van der Waals surface area (Å²) in [5, 5.41) is 3.94. The molecule has 2 aliphatic rings. The van der Waals surface area contributed by atoms with Crippen LogP contribution in [0.5, 0.6) is 0 Å². The molecule has 7 nitrogen and oxygen atoms in total. The third kappa shape index (κ3) is 5.01. The molecule has 1 aromatic heterocycles. The van der Waals surface area contributed by atoms with Gasteiger partial charge in [-0.05, 0) is 38.0 Å². The molecule has 1 aliphatic carbocycles. The summed E-state index contributed by atoms with van der Waals surface area (Å²) in [6.07, 6.45) is -8.28. The number of halogens is 6. The first-order chi connectivity index (χ1) is 15.3. The highest BCUT2D eigenvalue weighted by molar-refractivity contribution is 7.89. The number of alkyl halides is 6. The Bertz CT molecular complexity index is 1090. The lowest BCUT2D eigenvalue weighted by Crippen LogP contribution is -2.49. The number of hydrogen-bond donors (Lipinski definition) is 0. The maximum absolute atomic E-state index is 13.1. The van der Waals surface area contributed by atoms with Gasteiger partial charge < -0.3 is 4.52 Å². The molecule has 2 aromatic rings. The van der Waals surface area contributed by atoms with Gasteiger partial charge in [-0.15, -0.1) is 0 Å². The summed E-state index contributed by atoms with van der Waals surface area (Å²) < 4.78 is 111. The van der Waals surface area contributed by atoms with Crippen molar-refractivity contribution in [3.8, 4) is 0 Å². The fourth-order valence-corrected chi connectivity index (χ4v) is 5.13. The zero-order chi connectivity index (χ0) is 24.2. The van der Waals surface area contributed by atoms with Crippen LogP contribution < -0.4 is 0 Å². The first-order valence-corrected chi connectivity index (χ1v) is 11.6. The zero-order valence-corrected chi connectivity index (χ0v) is 18.1. The summed E-state index contributed by atoms with van der Waals surface area (Å²) in [6.45, 7) is 1.94. The Morgan fingerprint density at radius 3 is 2.00 bits per heavy atom. The van der Waals surface area contributed by atoms with Crippen molar-refractivity contribution in [2.45, 2.75) is 49.0 Å². The number of sulfonamides is 1. The van der Waals surface area contributed by atoms with E-state index in [2.05, 4.69) is 10.1 Å². The van der Waals surface area contributed by atoms with E-state index in [4.69, 9.17) is 4.52 Å². The molecule has 182 valence electrons. The predicted octanol–water partition coefficient (Wildman–Crippen LogP) is 4.05. The van der Waals surface area contributed by atoms with E-state index in [9.17, 15) is 34.8 Å². The summed E-state index contributed by atoms with van der Waals surface area (Å²) in [5.41, 5.74) is -3.35. The third-order valence-corrected chi connectivity index (χ3v) is 7.65. The van der Waals surface area contributed by atoms with Crippen molar-refractivity contribution in [3.05, 3.63) is 41.0 Å². The van der Waals surface area contributed by atoms with Crippen LogP contribution in [0.25, 0.3) is 0 Å². The van der Waals surface area contributed by atoms with Crippen molar-refractivity contribution in [2.75, 3.05) is 26.2 Å². The third-order valence-electron chi connectivity index (χ3n) is 5.78. The Balaban J connectivity index is 1.51. The van der Waals surface area contributed by atoms with E-state index in [1.807, 2.05) is 4.90 Å². The van der Waals surface area contributed by atoms with Gasteiger partial charge in [-0.2, -0.15) is 35.6 Å². The van der Waals surface area contributed by atoms with Crippen molar-refractivity contribution in [1.82, 2.24) is 19.3 Å². The van der Waals surface area contributed by atoms with Gasteiger partial charge in [0.1, 0.15) is 0 Å². The van der Waals surface area contributed by atoms with Crippen molar-refractivity contribution in [1.29, 1.82) is 0 Å². The minimum Gasteiger partial charge on any atom is -0.338 e. The van der Waals surface area contributed by atoms with Crippen molar-refractivity contribution in [2.24, 2.45) is 0 Å². The molecule has 14 heteroatoms. The fourth-order valence-electron chi connectivity index (χ4n) is 3.64. The number of hydrogen-bond acceptors (Lipinski definition) is 6. The van der Waals surface area contributed by atoms with E-state index in [1.54, 1.807) is 6.92 Å². The smallest absolute Gasteiger partial charge is 0.338 e. The number of rotatable bonds is 5. The lowest BCUT2D eigenvalue weighted by molar-refractivity contribution is -0.143. The predicted molar refractivity (Wildman–Crippen MR) is 101 cm³/mol. The van der Waals surface area contributed by atoms with Crippen molar-refractivity contribution >= 4 is 10.0 Å². The van der Waals surface area contributed by atoms with Crippen LogP contribution in [0, 0.1) is 0 Å². The van der Waals surface area contributed by atoms with Gasteiger partial charge in [0.25, 0.3) is 0 Å². The Kier molecular flexibility index (Phi) is 5.98. The van der Waals surface area contributed by atoms with E-state index >= 15 is 0 Å². The number of piperazine rings is 1. The van der Waals surface area contributed by atoms with Gasteiger partial charge in [0, 0.05) is 32.1 Å². The maximum Gasteiger partial charge on any atom is 0.416 e. The average molecular weight is 498 g/mol. The standard InChI is InChI=1S/C19H20F6N4O3S/c1-11(17-26-16(27-32-17)12-2-3-12)28-4-6-29(7-5-28)33(30,31)15-9-13(18(20,21)22)8-14(10-15)19(23,24)25/h8-12H,2-7H2,1H3. The van der Waals surface area contributed by atoms with Crippen LogP contribution in [-0.2, 0) is 22.4 Å². The van der Waals surface area contributed by atoms with Gasteiger partial charge in [0.05, 0.1) is 22.1 Å². The molecule has 0 N–H and O–H groups in total. The van der Waals surface area contributed by atoms with Crippen LogP contribution in [-0.4, -0.2) is 53.9 Å². The van der Waals surface area contributed by atoms with Crippen LogP contribution in [0.15, 0.2) is 27.6 Å². The molecule has 0 spiro atoms. The molecule has 4 rings (SSSR count). The molecule has 1 saturated carbocycles. The SMILES string of the molecule is CC(c1nc(C2CC2)no1)N1CCN(S(=O)(=O)c2cc(C(F)(F)F)cc(C(F)(F)F)c2)CC1. The van der Waals surface area contributed by atoms with Crippen LogP contribution in [0.4, 0.5) is 26.3 Å². The minimum absolute atomic E-state index is 0.0983. The Labute approximate surface area is 185 Å². The lowest BCUT2D eigenvalue weighted by Gasteiger charge is -2.36. The summed E-state index contributed by atoms with van der Waals surface area (Å²) in [6, 6.07) is 0.0496. The first-order valence-electron chi connectivity index (χ1n) is 10.1. The number of benzene rings is 1. The summed E-state index contributed by atoms with van der Waals surface area (Å²) in [4.78, 5) is 5.18. The second-order valence-corrected chi connectivity index (χ2v) is 10.1. The number of aromatic nitrogens is 2. The largest absolute Gasteiger partial charge is 0.416 e. The van der Waals surface area contributed by atoms with Gasteiger partial charge in [0.2, 0.25) is 15.9 Å². The van der Waals surface area contributed by atoms with E-state index in [-0.39, 0.29) is 50.4 Å². The van der Waals surface area contributed by atoms with Crippen LogP contribution in [0.3, 0.4) is 0 Å². The molecule has 1 atom stereocenters. The quantitative estimate of drug-likeness (QED) is 0.579. The Hall–Kier alpha value is -2.19. The molecule has 0 bridgehead atoms. The summed E-state index contributed by atoms with van der Waals surface area (Å²) >= 11 is 0.